The van der Waals surface area contributed by atoms with Gasteiger partial charge < -0.3 is 9.30 Å². The Bertz CT molecular complexity index is 2260. The average molecular weight is 750 g/mol. The first-order valence-electron chi connectivity index (χ1n) is 13.6. The van der Waals surface area contributed by atoms with Gasteiger partial charge in [-0.05, 0) is 55.1 Å². The average Bonchev–Trinajstić information content (AvgIpc) is 3.53. The molecule has 7 nitrogen and oxygen atoms in total. The summed E-state index contributed by atoms with van der Waals surface area (Å²) >= 11 is 0. The van der Waals surface area contributed by atoms with Crippen molar-refractivity contribution in [3.63, 3.8) is 0 Å². The Balaban J connectivity index is 0.00000343. The molecular formula is C36H22N6OPt. The molecule has 3 heterocycles. The summed E-state index contributed by atoms with van der Waals surface area (Å²) < 4.78 is 10.1. The number of ether oxygens (including phenoxy) is 1. The Hall–Kier alpha value is -5.49. The zero-order valence-electron chi connectivity index (χ0n) is 23.6. The van der Waals surface area contributed by atoms with Crippen molar-refractivity contribution in [1.29, 1.82) is 5.26 Å². The molecule has 0 atom stereocenters. The van der Waals surface area contributed by atoms with E-state index >= 15 is 0 Å². The van der Waals surface area contributed by atoms with Gasteiger partial charge in [-0.25, -0.2) is 4.98 Å². The molecule has 7 aromatic rings. The number of aromatic nitrogens is 4. The number of aryl methyl sites for hydroxylation is 1. The largest absolute Gasteiger partial charge is 2.00 e. The SMILES string of the molecule is [C-]#[N+]c1cc(Oc2[c-]c3c(cc2)c2cc(C#N)ccc2n3-c2ccccn2)[c-]c(-n2nc(C)c(-c3ccccc3)c2C)c1.[Pt+2]. The molecule has 0 unspecified atom stereocenters. The Kier molecular flexibility index (Phi) is 7.58. The molecule has 3 aromatic heterocycles. The van der Waals surface area contributed by atoms with E-state index in [1.165, 1.54) is 0 Å². The number of hydrogen-bond acceptors (Lipinski definition) is 4. The molecule has 0 aliphatic carbocycles. The molecule has 4 aromatic carbocycles. The normalized spacial score (nSPS) is 10.7. The summed E-state index contributed by atoms with van der Waals surface area (Å²) in [6.07, 6.45) is 1.74. The van der Waals surface area contributed by atoms with Crippen molar-refractivity contribution in [2.24, 2.45) is 0 Å². The number of fused-ring (bicyclic) bond motifs is 3. The summed E-state index contributed by atoms with van der Waals surface area (Å²) in [5.74, 6) is 1.55. The van der Waals surface area contributed by atoms with Gasteiger partial charge in [-0.2, -0.15) is 16.4 Å². The van der Waals surface area contributed by atoms with Gasteiger partial charge >= 0.3 is 21.1 Å². The fourth-order valence-corrected chi connectivity index (χ4v) is 5.54. The van der Waals surface area contributed by atoms with Gasteiger partial charge in [0.15, 0.2) is 0 Å². The molecule has 0 aliphatic rings. The van der Waals surface area contributed by atoms with E-state index in [4.69, 9.17) is 16.4 Å². The molecule has 0 saturated heterocycles. The third-order valence-corrected chi connectivity index (χ3v) is 7.40. The van der Waals surface area contributed by atoms with Crippen molar-refractivity contribution >= 4 is 27.5 Å². The van der Waals surface area contributed by atoms with Gasteiger partial charge in [-0.1, -0.05) is 47.6 Å². The zero-order chi connectivity index (χ0) is 29.5. The summed E-state index contributed by atoms with van der Waals surface area (Å²) in [5.41, 5.74) is 7.21. The van der Waals surface area contributed by atoms with E-state index in [1.807, 2.05) is 79.1 Å². The van der Waals surface area contributed by atoms with Crippen LogP contribution in [-0.4, -0.2) is 19.3 Å². The summed E-state index contributed by atoms with van der Waals surface area (Å²) in [6.45, 7) is 11.7. The van der Waals surface area contributed by atoms with Gasteiger partial charge in [0.05, 0.1) is 29.6 Å². The first-order chi connectivity index (χ1) is 21.0. The predicted octanol–water partition coefficient (Wildman–Crippen LogP) is 8.46. The molecule has 0 N–H and O–H groups in total. The minimum absolute atomic E-state index is 0. The van der Waals surface area contributed by atoms with Crippen LogP contribution in [0, 0.1) is 43.9 Å². The van der Waals surface area contributed by atoms with Crippen LogP contribution in [0.25, 0.3) is 49.3 Å². The number of hydrogen-bond donors (Lipinski definition) is 0. The van der Waals surface area contributed by atoms with E-state index in [1.54, 1.807) is 29.1 Å². The third-order valence-electron chi connectivity index (χ3n) is 7.40. The van der Waals surface area contributed by atoms with Gasteiger partial charge in [-0.3, -0.25) is 9.53 Å². The van der Waals surface area contributed by atoms with E-state index in [9.17, 15) is 5.26 Å². The zero-order valence-corrected chi connectivity index (χ0v) is 25.9. The van der Waals surface area contributed by atoms with E-state index in [2.05, 4.69) is 40.2 Å². The van der Waals surface area contributed by atoms with Gasteiger partial charge in [0.25, 0.3) is 0 Å². The second-order valence-electron chi connectivity index (χ2n) is 10.1. The Labute approximate surface area is 268 Å². The monoisotopic (exact) mass is 749 g/mol. The molecule has 0 radical (unpaired) electrons. The maximum atomic E-state index is 9.51. The Morgan fingerprint density at radius 3 is 2.45 bits per heavy atom. The molecule has 44 heavy (non-hydrogen) atoms. The van der Waals surface area contributed by atoms with E-state index in [0.717, 1.165) is 50.1 Å². The number of benzene rings is 4. The van der Waals surface area contributed by atoms with Crippen LogP contribution in [0.3, 0.4) is 0 Å². The predicted molar refractivity (Wildman–Crippen MR) is 166 cm³/mol. The maximum absolute atomic E-state index is 9.51. The van der Waals surface area contributed by atoms with Crippen LogP contribution >= 0.6 is 0 Å². The Morgan fingerprint density at radius 2 is 1.70 bits per heavy atom. The van der Waals surface area contributed by atoms with E-state index in [-0.39, 0.29) is 21.1 Å². The molecule has 7 rings (SSSR count). The molecule has 0 fully saturated rings. The number of pyridine rings is 1. The van der Waals surface area contributed by atoms with Gasteiger partial charge in [-0.15, -0.1) is 35.7 Å². The number of nitriles is 1. The van der Waals surface area contributed by atoms with Crippen molar-refractivity contribution < 1.29 is 25.8 Å². The van der Waals surface area contributed by atoms with Crippen LogP contribution < -0.4 is 4.74 Å². The fraction of sp³-hybridized carbons (Fsp3) is 0.0556. The van der Waals surface area contributed by atoms with Crippen LogP contribution in [0.4, 0.5) is 5.69 Å². The maximum Gasteiger partial charge on any atom is 2.00 e. The van der Waals surface area contributed by atoms with Crippen LogP contribution in [0.2, 0.25) is 0 Å². The van der Waals surface area contributed by atoms with Crippen LogP contribution in [-0.2, 0) is 21.1 Å². The van der Waals surface area contributed by atoms with Crippen LogP contribution in [0.1, 0.15) is 17.0 Å². The second kappa shape index (κ2) is 11.6. The standard InChI is InChI=1S/C36H22N6O.Pt/c1-23-36(26-9-5-4-6-10-26)24(2)42(40-23)28-18-27(38-3)19-30(20-28)43-29-13-14-31-32-17-25(22-37)12-15-33(32)41(34(31)21-29)35-11-7-8-16-39-35;/h4-19H,1-2H3;/q-2;+2. The first-order valence-corrected chi connectivity index (χ1v) is 13.6. The fourth-order valence-electron chi connectivity index (χ4n) is 5.54. The summed E-state index contributed by atoms with van der Waals surface area (Å²) in [6, 6.07) is 37.6. The van der Waals surface area contributed by atoms with Crippen molar-refractivity contribution in [3.05, 3.63) is 138 Å². The summed E-state index contributed by atoms with van der Waals surface area (Å²) in [7, 11) is 0. The molecule has 0 amide bonds. The number of nitrogens with zero attached hydrogens (tertiary/aromatic N) is 6. The van der Waals surface area contributed by atoms with E-state index in [0.29, 0.717) is 28.4 Å². The van der Waals surface area contributed by atoms with Gasteiger partial charge in [0, 0.05) is 34.5 Å². The van der Waals surface area contributed by atoms with Crippen molar-refractivity contribution in [1.82, 2.24) is 19.3 Å². The molecule has 0 saturated carbocycles. The second-order valence-corrected chi connectivity index (χ2v) is 10.1. The van der Waals surface area contributed by atoms with Crippen molar-refractivity contribution in [2.45, 2.75) is 13.8 Å². The smallest absolute Gasteiger partial charge is 0.510 e. The van der Waals surface area contributed by atoms with Crippen molar-refractivity contribution in [3.8, 4) is 40.2 Å². The third kappa shape index (κ3) is 4.94. The summed E-state index contributed by atoms with van der Waals surface area (Å²) in [5, 5.41) is 16.1. The molecule has 212 valence electrons. The van der Waals surface area contributed by atoms with Crippen LogP contribution in [0.15, 0.2) is 97.2 Å². The quantitative estimate of drug-likeness (QED) is 0.166. The first kappa shape index (κ1) is 28.6. The molecule has 8 heteroatoms. The summed E-state index contributed by atoms with van der Waals surface area (Å²) in [4.78, 5) is 8.26. The Morgan fingerprint density at radius 1 is 0.886 bits per heavy atom. The minimum Gasteiger partial charge on any atom is -0.510 e. The minimum atomic E-state index is 0. The molecular weight excluding hydrogens is 728 g/mol. The van der Waals surface area contributed by atoms with Crippen molar-refractivity contribution in [2.75, 3.05) is 0 Å². The number of rotatable bonds is 5. The van der Waals surface area contributed by atoms with Crippen LogP contribution in [0.5, 0.6) is 11.5 Å². The topological polar surface area (TPSA) is 73.0 Å². The molecule has 0 aliphatic heterocycles. The molecule has 0 bridgehead atoms. The molecule has 0 spiro atoms. The van der Waals surface area contributed by atoms with E-state index < -0.39 is 0 Å². The van der Waals surface area contributed by atoms with Gasteiger partial charge in [0.2, 0.25) is 0 Å². The van der Waals surface area contributed by atoms with Gasteiger partial charge in [0.1, 0.15) is 5.82 Å².